The van der Waals surface area contributed by atoms with Gasteiger partial charge in [-0.25, -0.2) is 0 Å². The molecule has 3 heteroatoms. The minimum atomic E-state index is 0.430. The molecule has 1 aromatic heterocycles. The predicted octanol–water partition coefficient (Wildman–Crippen LogP) is 3.69. The molecule has 0 fully saturated rings. The summed E-state index contributed by atoms with van der Waals surface area (Å²) in [5.41, 5.74) is 4.23. The summed E-state index contributed by atoms with van der Waals surface area (Å²) in [7, 11) is 4.18. The quantitative estimate of drug-likeness (QED) is 0.916. The van der Waals surface area contributed by atoms with Crippen molar-refractivity contribution in [3.8, 4) is 10.4 Å². The molecule has 1 atom stereocenters. The van der Waals surface area contributed by atoms with Crippen molar-refractivity contribution in [3.63, 3.8) is 0 Å². The monoisotopic (exact) mass is 272 g/mol. The molecule has 0 radical (unpaired) electrons. The Morgan fingerprint density at radius 1 is 1.26 bits per heavy atom. The lowest BCUT2D eigenvalue weighted by Gasteiger charge is -2.11. The lowest BCUT2D eigenvalue weighted by molar-refractivity contribution is 0.664. The van der Waals surface area contributed by atoms with Crippen molar-refractivity contribution in [1.29, 1.82) is 0 Å². The SMILES string of the molecule is CNC(C)c1ccc(-c2ccc3c(c2)CCN3C)s1. The summed E-state index contributed by atoms with van der Waals surface area (Å²) in [6.45, 7) is 3.35. The lowest BCUT2D eigenvalue weighted by atomic mass is 10.1. The number of benzene rings is 1. The van der Waals surface area contributed by atoms with Gasteiger partial charge in [-0.1, -0.05) is 6.07 Å². The molecule has 0 aliphatic carbocycles. The zero-order chi connectivity index (χ0) is 13.4. The third-order valence-electron chi connectivity index (χ3n) is 3.98. The molecule has 1 aromatic carbocycles. The van der Waals surface area contributed by atoms with Gasteiger partial charge in [0, 0.05) is 35.1 Å². The molecule has 0 saturated carbocycles. The number of fused-ring (bicyclic) bond motifs is 1. The summed E-state index contributed by atoms with van der Waals surface area (Å²) in [5, 5.41) is 3.30. The van der Waals surface area contributed by atoms with Gasteiger partial charge in [0.05, 0.1) is 0 Å². The second-order valence-electron chi connectivity index (χ2n) is 5.23. The molecule has 100 valence electrons. The Morgan fingerprint density at radius 3 is 2.89 bits per heavy atom. The highest BCUT2D eigenvalue weighted by atomic mass is 32.1. The van der Waals surface area contributed by atoms with Gasteiger partial charge in [-0.05, 0) is 55.8 Å². The van der Waals surface area contributed by atoms with Crippen LogP contribution in [0.5, 0.6) is 0 Å². The molecule has 0 spiro atoms. The van der Waals surface area contributed by atoms with Crippen LogP contribution in [0.2, 0.25) is 0 Å². The first kappa shape index (κ1) is 12.7. The van der Waals surface area contributed by atoms with Gasteiger partial charge in [0.15, 0.2) is 0 Å². The van der Waals surface area contributed by atoms with Crippen molar-refractivity contribution < 1.29 is 0 Å². The molecule has 0 bridgehead atoms. The van der Waals surface area contributed by atoms with Crippen molar-refractivity contribution in [2.24, 2.45) is 0 Å². The largest absolute Gasteiger partial charge is 0.374 e. The van der Waals surface area contributed by atoms with E-state index in [1.807, 2.05) is 18.4 Å². The summed E-state index contributed by atoms with van der Waals surface area (Å²) in [4.78, 5) is 5.10. The second-order valence-corrected chi connectivity index (χ2v) is 6.34. The third kappa shape index (κ3) is 2.28. The zero-order valence-electron chi connectivity index (χ0n) is 11.7. The standard InChI is InChI=1S/C16H20N2S/c1-11(17-2)15-6-7-16(19-15)13-4-5-14-12(10-13)8-9-18(14)3/h4-7,10-11,17H,8-9H2,1-3H3. The highest BCUT2D eigenvalue weighted by Gasteiger charge is 2.16. The summed E-state index contributed by atoms with van der Waals surface area (Å²) >= 11 is 1.89. The molecule has 19 heavy (non-hydrogen) atoms. The Morgan fingerprint density at radius 2 is 2.11 bits per heavy atom. The maximum atomic E-state index is 3.30. The molecular weight excluding hydrogens is 252 g/mol. The van der Waals surface area contributed by atoms with Gasteiger partial charge in [-0.2, -0.15) is 0 Å². The van der Waals surface area contributed by atoms with E-state index in [-0.39, 0.29) is 0 Å². The average Bonchev–Trinajstić information content (AvgIpc) is 3.05. The van der Waals surface area contributed by atoms with E-state index < -0.39 is 0 Å². The number of nitrogens with zero attached hydrogens (tertiary/aromatic N) is 1. The van der Waals surface area contributed by atoms with E-state index >= 15 is 0 Å². The van der Waals surface area contributed by atoms with Crippen molar-refractivity contribution in [2.45, 2.75) is 19.4 Å². The fourth-order valence-corrected chi connectivity index (χ4v) is 3.67. The van der Waals surface area contributed by atoms with E-state index in [9.17, 15) is 0 Å². The molecule has 1 unspecified atom stereocenters. The first-order chi connectivity index (χ1) is 9.19. The lowest BCUT2D eigenvalue weighted by Crippen LogP contribution is -2.12. The van der Waals surface area contributed by atoms with Gasteiger partial charge in [0.2, 0.25) is 0 Å². The smallest absolute Gasteiger partial charge is 0.0397 e. The van der Waals surface area contributed by atoms with Crippen LogP contribution in [0.25, 0.3) is 10.4 Å². The van der Waals surface area contributed by atoms with E-state index in [4.69, 9.17) is 0 Å². The third-order valence-corrected chi connectivity index (χ3v) is 5.30. The summed E-state index contributed by atoms with van der Waals surface area (Å²) in [6.07, 6.45) is 1.17. The molecule has 0 amide bonds. The van der Waals surface area contributed by atoms with Crippen molar-refractivity contribution in [2.75, 3.05) is 25.5 Å². The number of anilines is 1. The Balaban J connectivity index is 1.93. The number of likely N-dealkylation sites (N-methyl/N-ethyl adjacent to an activating group) is 1. The van der Waals surface area contributed by atoms with Crippen molar-refractivity contribution in [3.05, 3.63) is 40.8 Å². The van der Waals surface area contributed by atoms with Crippen LogP contribution in [0.1, 0.15) is 23.4 Å². The van der Waals surface area contributed by atoms with Crippen LogP contribution in [0.4, 0.5) is 5.69 Å². The first-order valence-corrected chi connectivity index (χ1v) is 7.62. The Bertz CT molecular complexity index is 588. The van der Waals surface area contributed by atoms with Gasteiger partial charge in [0.25, 0.3) is 0 Å². The highest BCUT2D eigenvalue weighted by Crippen LogP contribution is 2.35. The Kier molecular flexibility index (Phi) is 3.33. The van der Waals surface area contributed by atoms with Gasteiger partial charge in [-0.15, -0.1) is 11.3 Å². The first-order valence-electron chi connectivity index (χ1n) is 6.80. The number of nitrogens with one attached hydrogen (secondary N) is 1. The summed E-state index contributed by atoms with van der Waals surface area (Å²) < 4.78 is 0. The number of rotatable bonds is 3. The second kappa shape index (κ2) is 4.99. The van der Waals surface area contributed by atoms with Crippen molar-refractivity contribution in [1.82, 2.24) is 5.32 Å². The van der Waals surface area contributed by atoms with Crippen LogP contribution >= 0.6 is 11.3 Å². The van der Waals surface area contributed by atoms with Gasteiger partial charge < -0.3 is 10.2 Å². The van der Waals surface area contributed by atoms with Crippen molar-refractivity contribution >= 4 is 17.0 Å². The van der Waals surface area contributed by atoms with E-state index in [0.29, 0.717) is 6.04 Å². The fraction of sp³-hybridized carbons (Fsp3) is 0.375. The molecule has 1 N–H and O–H groups in total. The van der Waals surface area contributed by atoms with Crippen LogP contribution in [0.3, 0.4) is 0 Å². The molecule has 0 saturated heterocycles. The van der Waals surface area contributed by atoms with Crippen LogP contribution in [-0.2, 0) is 6.42 Å². The minimum absolute atomic E-state index is 0.430. The van der Waals surface area contributed by atoms with Crippen LogP contribution in [0.15, 0.2) is 30.3 Å². The van der Waals surface area contributed by atoms with Gasteiger partial charge >= 0.3 is 0 Å². The van der Waals surface area contributed by atoms with E-state index in [0.717, 1.165) is 6.54 Å². The molecule has 2 aromatic rings. The normalized spacial score (nSPS) is 15.6. The molecule has 2 nitrogen and oxygen atoms in total. The maximum absolute atomic E-state index is 3.30. The fourth-order valence-electron chi connectivity index (χ4n) is 2.60. The van der Waals surface area contributed by atoms with Crippen LogP contribution in [-0.4, -0.2) is 20.6 Å². The number of hydrogen-bond donors (Lipinski definition) is 1. The minimum Gasteiger partial charge on any atom is -0.374 e. The molecule has 2 heterocycles. The number of hydrogen-bond acceptors (Lipinski definition) is 3. The van der Waals surface area contributed by atoms with Crippen LogP contribution in [0, 0.1) is 0 Å². The molecule has 1 aliphatic heterocycles. The Labute approximate surface area is 119 Å². The topological polar surface area (TPSA) is 15.3 Å². The predicted molar refractivity (Wildman–Crippen MR) is 84.2 cm³/mol. The van der Waals surface area contributed by atoms with E-state index in [1.165, 1.54) is 33.0 Å². The van der Waals surface area contributed by atoms with Gasteiger partial charge in [-0.3, -0.25) is 0 Å². The highest BCUT2D eigenvalue weighted by molar-refractivity contribution is 7.15. The molecule has 3 rings (SSSR count). The van der Waals surface area contributed by atoms with E-state index in [2.05, 4.69) is 54.5 Å². The Hall–Kier alpha value is -1.32. The zero-order valence-corrected chi connectivity index (χ0v) is 12.6. The van der Waals surface area contributed by atoms with Gasteiger partial charge in [0.1, 0.15) is 0 Å². The molecule has 1 aliphatic rings. The summed E-state index contributed by atoms with van der Waals surface area (Å²) in [5.74, 6) is 0. The maximum Gasteiger partial charge on any atom is 0.0397 e. The van der Waals surface area contributed by atoms with E-state index in [1.54, 1.807) is 0 Å². The average molecular weight is 272 g/mol. The number of thiophene rings is 1. The summed E-state index contributed by atoms with van der Waals surface area (Å²) in [6, 6.07) is 11.8. The molecular formula is C16H20N2S. The van der Waals surface area contributed by atoms with Crippen LogP contribution < -0.4 is 10.2 Å².